The van der Waals surface area contributed by atoms with E-state index >= 15 is 0 Å². The molecule has 0 N–H and O–H groups in total. The van der Waals surface area contributed by atoms with Crippen LogP contribution < -0.4 is 0 Å². The standard InChI is InChI=1S/C10H18O4S/c1-8(10(11)12-2)5-15-6-9-3-4-13-7-14-9/h8-9H,3-7H2,1-2H3. The predicted molar refractivity (Wildman–Crippen MR) is 58.8 cm³/mol. The minimum atomic E-state index is -0.143. The lowest BCUT2D eigenvalue weighted by molar-refractivity contribution is -0.144. The van der Waals surface area contributed by atoms with Crippen molar-refractivity contribution in [2.75, 3.05) is 32.0 Å². The Labute approximate surface area is 94.6 Å². The van der Waals surface area contributed by atoms with Gasteiger partial charge in [0.15, 0.2) is 0 Å². The highest BCUT2D eigenvalue weighted by Crippen LogP contribution is 2.16. The van der Waals surface area contributed by atoms with Crippen molar-refractivity contribution < 1.29 is 19.0 Å². The molecule has 1 saturated heterocycles. The zero-order valence-corrected chi connectivity index (χ0v) is 10.0. The van der Waals surface area contributed by atoms with Gasteiger partial charge in [-0.3, -0.25) is 4.79 Å². The smallest absolute Gasteiger partial charge is 0.309 e. The lowest BCUT2D eigenvalue weighted by Gasteiger charge is -2.22. The van der Waals surface area contributed by atoms with Gasteiger partial charge >= 0.3 is 5.97 Å². The molecule has 5 heteroatoms. The molecule has 0 aliphatic carbocycles. The largest absolute Gasteiger partial charge is 0.469 e. The lowest BCUT2D eigenvalue weighted by atomic mass is 10.2. The van der Waals surface area contributed by atoms with E-state index in [-0.39, 0.29) is 18.0 Å². The van der Waals surface area contributed by atoms with Gasteiger partial charge in [0, 0.05) is 11.5 Å². The van der Waals surface area contributed by atoms with E-state index in [4.69, 9.17) is 9.47 Å². The first kappa shape index (κ1) is 12.8. The van der Waals surface area contributed by atoms with E-state index in [1.807, 2.05) is 6.92 Å². The van der Waals surface area contributed by atoms with Crippen LogP contribution in [-0.2, 0) is 19.0 Å². The Morgan fingerprint density at radius 2 is 2.47 bits per heavy atom. The van der Waals surface area contributed by atoms with E-state index in [2.05, 4.69) is 4.74 Å². The summed E-state index contributed by atoms with van der Waals surface area (Å²) in [6.45, 7) is 3.05. The number of ether oxygens (including phenoxy) is 3. The molecule has 0 aromatic rings. The molecule has 0 bridgehead atoms. The van der Waals surface area contributed by atoms with E-state index in [0.29, 0.717) is 6.79 Å². The first-order valence-electron chi connectivity index (χ1n) is 5.09. The van der Waals surface area contributed by atoms with Crippen LogP contribution in [0.5, 0.6) is 0 Å². The number of carbonyl (C=O) groups excluding carboxylic acids is 1. The Morgan fingerprint density at radius 1 is 1.67 bits per heavy atom. The van der Waals surface area contributed by atoms with Gasteiger partial charge in [-0.15, -0.1) is 0 Å². The van der Waals surface area contributed by atoms with Crippen molar-refractivity contribution in [2.24, 2.45) is 5.92 Å². The van der Waals surface area contributed by atoms with Gasteiger partial charge in [-0.1, -0.05) is 6.92 Å². The molecule has 0 aromatic carbocycles. The van der Waals surface area contributed by atoms with Crippen molar-refractivity contribution in [3.63, 3.8) is 0 Å². The molecule has 2 atom stereocenters. The zero-order valence-electron chi connectivity index (χ0n) is 9.23. The highest BCUT2D eigenvalue weighted by molar-refractivity contribution is 7.99. The number of rotatable bonds is 5. The summed E-state index contributed by atoms with van der Waals surface area (Å²) in [5, 5.41) is 0. The average Bonchev–Trinajstić information content (AvgIpc) is 2.29. The van der Waals surface area contributed by atoms with Crippen molar-refractivity contribution in [3.05, 3.63) is 0 Å². The van der Waals surface area contributed by atoms with E-state index in [1.165, 1.54) is 7.11 Å². The summed E-state index contributed by atoms with van der Waals surface area (Å²) < 4.78 is 15.1. The minimum Gasteiger partial charge on any atom is -0.469 e. The molecule has 1 heterocycles. The number of methoxy groups -OCH3 is 1. The van der Waals surface area contributed by atoms with Gasteiger partial charge in [-0.05, 0) is 6.42 Å². The molecule has 0 saturated carbocycles. The van der Waals surface area contributed by atoms with Gasteiger partial charge in [0.25, 0.3) is 0 Å². The van der Waals surface area contributed by atoms with Gasteiger partial charge in [-0.25, -0.2) is 0 Å². The summed E-state index contributed by atoms with van der Waals surface area (Å²) in [4.78, 5) is 11.1. The third-order valence-electron chi connectivity index (χ3n) is 2.25. The maximum absolute atomic E-state index is 11.1. The van der Waals surface area contributed by atoms with Crippen LogP contribution in [-0.4, -0.2) is 44.1 Å². The second-order valence-electron chi connectivity index (χ2n) is 3.57. The van der Waals surface area contributed by atoms with Crippen LogP contribution in [0.3, 0.4) is 0 Å². The van der Waals surface area contributed by atoms with E-state index < -0.39 is 0 Å². The molecule has 0 spiro atoms. The second kappa shape index (κ2) is 7.09. The summed E-state index contributed by atoms with van der Waals surface area (Å²) in [5.41, 5.74) is 0. The highest BCUT2D eigenvalue weighted by Gasteiger charge is 2.17. The van der Waals surface area contributed by atoms with Crippen molar-refractivity contribution in [1.82, 2.24) is 0 Å². The highest BCUT2D eigenvalue weighted by atomic mass is 32.2. The van der Waals surface area contributed by atoms with Crippen LogP contribution in [0.4, 0.5) is 0 Å². The number of hydrogen-bond donors (Lipinski definition) is 0. The third kappa shape index (κ3) is 4.86. The van der Waals surface area contributed by atoms with Gasteiger partial charge in [0.2, 0.25) is 0 Å². The molecule has 88 valence electrons. The zero-order chi connectivity index (χ0) is 11.1. The lowest BCUT2D eigenvalue weighted by Crippen LogP contribution is -2.26. The summed E-state index contributed by atoms with van der Waals surface area (Å²) in [5.74, 6) is 1.52. The normalized spacial score (nSPS) is 23.5. The maximum Gasteiger partial charge on any atom is 0.309 e. The van der Waals surface area contributed by atoms with Crippen LogP contribution in [0.25, 0.3) is 0 Å². The molecule has 0 amide bonds. The number of carbonyl (C=O) groups is 1. The molecule has 1 fully saturated rings. The summed E-state index contributed by atoms with van der Waals surface area (Å²) in [7, 11) is 1.42. The van der Waals surface area contributed by atoms with Crippen molar-refractivity contribution >= 4 is 17.7 Å². The van der Waals surface area contributed by atoms with Gasteiger partial charge in [0.05, 0.1) is 25.7 Å². The first-order chi connectivity index (χ1) is 7.24. The maximum atomic E-state index is 11.1. The molecule has 1 aliphatic rings. The van der Waals surface area contributed by atoms with Crippen molar-refractivity contribution in [3.8, 4) is 0 Å². The quantitative estimate of drug-likeness (QED) is 0.671. The Hall–Kier alpha value is -0.260. The molecular formula is C10H18O4S. The Bertz CT molecular complexity index is 192. The van der Waals surface area contributed by atoms with Gasteiger partial charge < -0.3 is 14.2 Å². The van der Waals surface area contributed by atoms with E-state index in [1.54, 1.807) is 11.8 Å². The predicted octanol–water partition coefficient (Wildman–Crippen LogP) is 1.29. The van der Waals surface area contributed by atoms with Gasteiger partial charge in [-0.2, -0.15) is 11.8 Å². The van der Waals surface area contributed by atoms with Crippen LogP contribution in [0.15, 0.2) is 0 Å². The molecular weight excluding hydrogens is 216 g/mol. The van der Waals surface area contributed by atoms with Crippen molar-refractivity contribution in [2.45, 2.75) is 19.4 Å². The van der Waals surface area contributed by atoms with Crippen LogP contribution in [0.2, 0.25) is 0 Å². The number of hydrogen-bond acceptors (Lipinski definition) is 5. The molecule has 2 unspecified atom stereocenters. The summed E-state index contributed by atoms with van der Waals surface area (Å²) in [6.07, 6.45) is 1.22. The van der Waals surface area contributed by atoms with E-state index in [9.17, 15) is 4.79 Å². The summed E-state index contributed by atoms with van der Waals surface area (Å²) >= 11 is 1.73. The van der Waals surface area contributed by atoms with Crippen molar-refractivity contribution in [1.29, 1.82) is 0 Å². The molecule has 4 nitrogen and oxygen atoms in total. The Kier molecular flexibility index (Phi) is 6.05. The molecule has 15 heavy (non-hydrogen) atoms. The summed E-state index contributed by atoms with van der Waals surface area (Å²) in [6, 6.07) is 0. The molecule has 0 radical (unpaired) electrons. The van der Waals surface area contributed by atoms with Crippen LogP contribution in [0.1, 0.15) is 13.3 Å². The van der Waals surface area contributed by atoms with Gasteiger partial charge in [0.1, 0.15) is 6.79 Å². The monoisotopic (exact) mass is 234 g/mol. The Morgan fingerprint density at radius 3 is 3.07 bits per heavy atom. The minimum absolute atomic E-state index is 0.0418. The molecule has 1 aliphatic heterocycles. The third-order valence-corrected chi connectivity index (χ3v) is 3.59. The average molecular weight is 234 g/mol. The fraction of sp³-hybridized carbons (Fsp3) is 0.900. The fourth-order valence-electron chi connectivity index (χ4n) is 1.28. The SMILES string of the molecule is COC(=O)C(C)CSCC1CCOCO1. The number of esters is 1. The Balaban J connectivity index is 2.07. The van der Waals surface area contributed by atoms with E-state index in [0.717, 1.165) is 24.5 Å². The second-order valence-corrected chi connectivity index (χ2v) is 4.64. The fourth-order valence-corrected chi connectivity index (χ4v) is 2.43. The van der Waals surface area contributed by atoms with Crippen LogP contribution in [0, 0.1) is 5.92 Å². The molecule has 1 rings (SSSR count). The topological polar surface area (TPSA) is 44.8 Å². The van der Waals surface area contributed by atoms with Crippen LogP contribution >= 0.6 is 11.8 Å². The number of thioether (sulfide) groups is 1. The molecule has 0 aromatic heterocycles. The first-order valence-corrected chi connectivity index (χ1v) is 6.24.